The molecule has 0 fully saturated rings. The van der Waals surface area contributed by atoms with Gasteiger partial charge in [0.15, 0.2) is 0 Å². The molecule has 0 saturated carbocycles. The number of carbonyl (C=O) groups is 2. The lowest BCUT2D eigenvalue weighted by Crippen LogP contribution is -2.38. The van der Waals surface area contributed by atoms with Crippen molar-refractivity contribution >= 4 is 11.9 Å². The Bertz CT molecular complexity index is 512. The SMILES string of the molecule is Cc1cc(C)c(C(=O)N(CCCC(=O)O)C(C)C)c(C)c1. The number of rotatable bonds is 6. The number of carboxylic acid groups (broad SMARTS) is 1. The van der Waals surface area contributed by atoms with Crippen molar-refractivity contribution in [3.05, 3.63) is 34.4 Å². The second-order valence-electron chi connectivity index (χ2n) is 5.86. The largest absolute Gasteiger partial charge is 0.481 e. The molecule has 0 aliphatic rings. The quantitative estimate of drug-likeness (QED) is 0.874. The summed E-state index contributed by atoms with van der Waals surface area (Å²) < 4.78 is 0. The molecule has 21 heavy (non-hydrogen) atoms. The highest BCUT2D eigenvalue weighted by Gasteiger charge is 2.22. The Hall–Kier alpha value is -1.84. The van der Waals surface area contributed by atoms with Gasteiger partial charge < -0.3 is 10.0 Å². The van der Waals surface area contributed by atoms with E-state index in [0.29, 0.717) is 13.0 Å². The highest BCUT2D eigenvalue weighted by molar-refractivity contribution is 5.97. The number of amides is 1. The molecule has 4 nitrogen and oxygen atoms in total. The summed E-state index contributed by atoms with van der Waals surface area (Å²) in [7, 11) is 0. The van der Waals surface area contributed by atoms with E-state index >= 15 is 0 Å². The summed E-state index contributed by atoms with van der Waals surface area (Å²) in [6, 6.07) is 4.07. The van der Waals surface area contributed by atoms with Crippen molar-refractivity contribution in [3.63, 3.8) is 0 Å². The predicted octanol–water partition coefficient (Wildman–Crippen LogP) is 3.33. The van der Waals surface area contributed by atoms with Crippen LogP contribution in [0.4, 0.5) is 0 Å². The first-order valence-corrected chi connectivity index (χ1v) is 7.34. The normalized spacial score (nSPS) is 10.8. The molecular weight excluding hydrogens is 266 g/mol. The van der Waals surface area contributed by atoms with E-state index in [1.165, 1.54) is 0 Å². The Balaban J connectivity index is 2.99. The van der Waals surface area contributed by atoms with Crippen LogP contribution in [0.1, 0.15) is 53.7 Å². The van der Waals surface area contributed by atoms with E-state index in [0.717, 1.165) is 22.3 Å². The Morgan fingerprint density at radius 1 is 1.14 bits per heavy atom. The number of nitrogens with zero attached hydrogens (tertiary/aromatic N) is 1. The highest BCUT2D eigenvalue weighted by atomic mass is 16.4. The van der Waals surface area contributed by atoms with Crippen molar-refractivity contribution in [2.24, 2.45) is 0 Å². The molecule has 4 heteroatoms. The van der Waals surface area contributed by atoms with Crippen molar-refractivity contribution in [1.82, 2.24) is 4.90 Å². The summed E-state index contributed by atoms with van der Waals surface area (Å²) >= 11 is 0. The second-order valence-corrected chi connectivity index (χ2v) is 5.86. The van der Waals surface area contributed by atoms with E-state index in [4.69, 9.17) is 5.11 Å². The molecule has 0 aliphatic heterocycles. The standard InChI is InChI=1S/C17H25NO3/c1-11(2)18(8-6-7-15(19)20)17(21)16-13(4)9-12(3)10-14(16)5/h9-11H,6-8H2,1-5H3,(H,19,20). The second kappa shape index (κ2) is 7.25. The van der Waals surface area contributed by atoms with Crippen molar-refractivity contribution < 1.29 is 14.7 Å². The molecular formula is C17H25NO3. The molecule has 0 heterocycles. The molecule has 0 saturated heterocycles. The van der Waals surface area contributed by atoms with Gasteiger partial charge in [-0.25, -0.2) is 0 Å². The maximum absolute atomic E-state index is 12.8. The number of aliphatic carboxylic acids is 1. The average molecular weight is 291 g/mol. The summed E-state index contributed by atoms with van der Waals surface area (Å²) in [5, 5.41) is 8.74. The lowest BCUT2D eigenvalue weighted by atomic mass is 9.98. The Morgan fingerprint density at radius 2 is 1.67 bits per heavy atom. The molecule has 0 unspecified atom stereocenters. The maximum atomic E-state index is 12.8. The molecule has 0 bridgehead atoms. The van der Waals surface area contributed by atoms with E-state index < -0.39 is 5.97 Å². The molecule has 0 atom stereocenters. The lowest BCUT2D eigenvalue weighted by Gasteiger charge is -2.28. The molecule has 1 rings (SSSR count). The van der Waals surface area contributed by atoms with Gasteiger partial charge in [0, 0.05) is 24.6 Å². The topological polar surface area (TPSA) is 57.6 Å². The fourth-order valence-corrected chi connectivity index (χ4v) is 2.66. The monoisotopic (exact) mass is 291 g/mol. The van der Waals surface area contributed by atoms with Gasteiger partial charge in [0.25, 0.3) is 5.91 Å². The van der Waals surface area contributed by atoms with Gasteiger partial charge in [0.2, 0.25) is 0 Å². The van der Waals surface area contributed by atoms with Crippen LogP contribution in [0.15, 0.2) is 12.1 Å². The molecule has 0 aromatic heterocycles. The lowest BCUT2D eigenvalue weighted by molar-refractivity contribution is -0.137. The van der Waals surface area contributed by atoms with Crippen LogP contribution in [-0.2, 0) is 4.79 Å². The van der Waals surface area contributed by atoms with Crippen LogP contribution in [-0.4, -0.2) is 34.5 Å². The van der Waals surface area contributed by atoms with Crippen LogP contribution in [0, 0.1) is 20.8 Å². The van der Waals surface area contributed by atoms with Gasteiger partial charge in [-0.3, -0.25) is 9.59 Å². The van der Waals surface area contributed by atoms with Gasteiger partial charge >= 0.3 is 5.97 Å². The Morgan fingerprint density at radius 3 is 2.10 bits per heavy atom. The van der Waals surface area contributed by atoms with Gasteiger partial charge in [-0.15, -0.1) is 0 Å². The minimum Gasteiger partial charge on any atom is -0.481 e. The number of carbonyl (C=O) groups excluding carboxylic acids is 1. The summed E-state index contributed by atoms with van der Waals surface area (Å²) in [6.07, 6.45) is 0.561. The van der Waals surface area contributed by atoms with Crippen LogP contribution >= 0.6 is 0 Å². The molecule has 1 aromatic carbocycles. The van der Waals surface area contributed by atoms with E-state index in [9.17, 15) is 9.59 Å². The van der Waals surface area contributed by atoms with Gasteiger partial charge in [0.05, 0.1) is 0 Å². The third-order valence-electron chi connectivity index (χ3n) is 3.56. The summed E-state index contributed by atoms with van der Waals surface area (Å²) in [5.74, 6) is -0.834. The molecule has 0 radical (unpaired) electrons. The first-order chi connectivity index (χ1) is 9.73. The van der Waals surface area contributed by atoms with Crippen LogP contribution in [0.3, 0.4) is 0 Å². The average Bonchev–Trinajstić information content (AvgIpc) is 2.32. The molecule has 1 aromatic rings. The minimum atomic E-state index is -0.825. The van der Waals surface area contributed by atoms with Gasteiger partial charge in [-0.1, -0.05) is 17.7 Å². The smallest absolute Gasteiger partial charge is 0.303 e. The van der Waals surface area contributed by atoms with Crippen molar-refractivity contribution in [3.8, 4) is 0 Å². The summed E-state index contributed by atoms with van der Waals surface area (Å²) in [5.41, 5.74) is 3.83. The van der Waals surface area contributed by atoms with E-state index in [1.54, 1.807) is 4.90 Å². The predicted molar refractivity (Wildman–Crippen MR) is 83.7 cm³/mol. The zero-order valence-corrected chi connectivity index (χ0v) is 13.6. The third-order valence-corrected chi connectivity index (χ3v) is 3.56. The minimum absolute atomic E-state index is 0.00890. The van der Waals surface area contributed by atoms with Gasteiger partial charge in [-0.2, -0.15) is 0 Å². The number of aryl methyl sites for hydroxylation is 3. The van der Waals surface area contributed by atoms with Crippen LogP contribution in [0.2, 0.25) is 0 Å². The molecule has 116 valence electrons. The van der Waals surface area contributed by atoms with Crippen LogP contribution in [0.25, 0.3) is 0 Å². The third kappa shape index (κ3) is 4.59. The number of hydrogen-bond acceptors (Lipinski definition) is 2. The number of hydrogen-bond donors (Lipinski definition) is 1. The van der Waals surface area contributed by atoms with Gasteiger partial charge in [-0.05, 0) is 52.2 Å². The van der Waals surface area contributed by atoms with Gasteiger partial charge in [0.1, 0.15) is 0 Å². The van der Waals surface area contributed by atoms with E-state index in [2.05, 4.69) is 0 Å². The Labute approximate surface area is 126 Å². The van der Waals surface area contributed by atoms with E-state index in [1.807, 2.05) is 46.8 Å². The summed E-state index contributed by atoms with van der Waals surface area (Å²) in [6.45, 7) is 10.3. The molecule has 0 spiro atoms. The van der Waals surface area contributed by atoms with Crippen molar-refractivity contribution in [2.75, 3.05) is 6.54 Å². The van der Waals surface area contributed by atoms with Crippen molar-refractivity contribution in [1.29, 1.82) is 0 Å². The molecule has 0 aliphatic carbocycles. The van der Waals surface area contributed by atoms with Crippen molar-refractivity contribution in [2.45, 2.75) is 53.5 Å². The zero-order chi connectivity index (χ0) is 16.2. The maximum Gasteiger partial charge on any atom is 0.303 e. The Kier molecular flexibility index (Phi) is 5.94. The first kappa shape index (κ1) is 17.2. The molecule has 1 amide bonds. The highest BCUT2D eigenvalue weighted by Crippen LogP contribution is 2.20. The molecule has 1 N–H and O–H groups in total. The first-order valence-electron chi connectivity index (χ1n) is 7.34. The van der Waals surface area contributed by atoms with Crippen LogP contribution < -0.4 is 0 Å². The van der Waals surface area contributed by atoms with E-state index in [-0.39, 0.29) is 18.4 Å². The summed E-state index contributed by atoms with van der Waals surface area (Å²) in [4.78, 5) is 25.2. The zero-order valence-electron chi connectivity index (χ0n) is 13.6. The fourth-order valence-electron chi connectivity index (χ4n) is 2.66. The number of benzene rings is 1. The van der Waals surface area contributed by atoms with Crippen LogP contribution in [0.5, 0.6) is 0 Å². The fraction of sp³-hybridized carbons (Fsp3) is 0.529. The number of carboxylic acids is 1.